The zero-order chi connectivity index (χ0) is 22.8. The molecule has 0 spiro atoms. The largest absolute Gasteiger partial charge is 0.325 e. The molecule has 164 valence electrons. The smallest absolute Gasteiger partial charge is 0.230 e. The van der Waals surface area contributed by atoms with E-state index in [9.17, 15) is 9.18 Å². The monoisotopic (exact) mass is 448 g/mol. The number of nitrogens with one attached hydrogen (secondary N) is 1. The molecular weight excluding hydrogens is 423 g/mol. The number of anilines is 1. The van der Waals surface area contributed by atoms with Gasteiger partial charge in [0.05, 0.1) is 17.8 Å². The summed E-state index contributed by atoms with van der Waals surface area (Å²) in [6, 6.07) is 12.6. The first-order valence-electron chi connectivity index (χ1n) is 10.4. The molecule has 0 unspecified atom stereocenters. The molecule has 0 saturated heterocycles. The Morgan fingerprint density at radius 1 is 1.09 bits per heavy atom. The van der Waals surface area contributed by atoms with Crippen LogP contribution in [0, 0.1) is 33.5 Å². The van der Waals surface area contributed by atoms with E-state index in [1.54, 1.807) is 12.1 Å². The summed E-state index contributed by atoms with van der Waals surface area (Å²) in [5.74, 6) is -0.339. The first-order chi connectivity index (χ1) is 15.3. The standard InChI is InChI=1S/C25H25FN4OS/c1-15-7-5-8-16(2)24(15)28-23(31)13-21-14-32-25(27-21)30-18(4)22(17(3)29-30)12-19-9-6-10-20(26)11-19/h5-11,14H,12-13H2,1-4H3,(H,28,31). The average molecular weight is 449 g/mol. The Morgan fingerprint density at radius 2 is 1.81 bits per heavy atom. The predicted octanol–water partition coefficient (Wildman–Crippen LogP) is 5.47. The van der Waals surface area contributed by atoms with Crippen LogP contribution in [0.15, 0.2) is 47.8 Å². The normalized spacial score (nSPS) is 11.0. The highest BCUT2D eigenvalue weighted by Gasteiger charge is 2.17. The Balaban J connectivity index is 1.50. The average Bonchev–Trinajstić information content (AvgIpc) is 3.30. The fraction of sp³-hybridized carbons (Fsp3) is 0.240. The number of aryl methyl sites for hydroxylation is 3. The summed E-state index contributed by atoms with van der Waals surface area (Å²) < 4.78 is 15.4. The molecule has 0 bridgehead atoms. The van der Waals surface area contributed by atoms with E-state index < -0.39 is 0 Å². The Kier molecular flexibility index (Phi) is 6.19. The molecule has 2 aromatic carbocycles. The molecule has 7 heteroatoms. The molecule has 0 aliphatic rings. The molecule has 0 fully saturated rings. The number of benzene rings is 2. The second-order valence-corrected chi connectivity index (χ2v) is 8.82. The topological polar surface area (TPSA) is 59.8 Å². The molecule has 2 aromatic heterocycles. The van der Waals surface area contributed by atoms with Crippen LogP contribution >= 0.6 is 11.3 Å². The minimum Gasteiger partial charge on any atom is -0.325 e. The number of thiazole rings is 1. The van der Waals surface area contributed by atoms with Crippen molar-refractivity contribution in [2.24, 2.45) is 0 Å². The number of aromatic nitrogens is 3. The fourth-order valence-corrected chi connectivity index (χ4v) is 4.63. The van der Waals surface area contributed by atoms with Crippen LogP contribution in [0.1, 0.15) is 39.3 Å². The molecule has 4 rings (SSSR count). The van der Waals surface area contributed by atoms with E-state index in [2.05, 4.69) is 15.4 Å². The summed E-state index contributed by atoms with van der Waals surface area (Å²) in [7, 11) is 0. The number of nitrogens with zero attached hydrogens (tertiary/aromatic N) is 3. The van der Waals surface area contributed by atoms with Crippen molar-refractivity contribution in [1.82, 2.24) is 14.8 Å². The highest BCUT2D eigenvalue weighted by atomic mass is 32.1. The number of halogens is 1. The third-order valence-electron chi connectivity index (χ3n) is 5.52. The van der Waals surface area contributed by atoms with Crippen LogP contribution in [0.2, 0.25) is 0 Å². The predicted molar refractivity (Wildman–Crippen MR) is 126 cm³/mol. The fourth-order valence-electron chi connectivity index (χ4n) is 3.80. The molecule has 4 aromatic rings. The first kappa shape index (κ1) is 21.9. The van der Waals surface area contributed by atoms with Crippen LogP contribution in [-0.4, -0.2) is 20.7 Å². The van der Waals surface area contributed by atoms with Crippen LogP contribution in [0.25, 0.3) is 5.13 Å². The van der Waals surface area contributed by atoms with Gasteiger partial charge < -0.3 is 5.32 Å². The van der Waals surface area contributed by atoms with E-state index in [0.717, 1.165) is 39.3 Å². The van der Waals surface area contributed by atoms with Crippen LogP contribution < -0.4 is 5.32 Å². The van der Waals surface area contributed by atoms with Crippen molar-refractivity contribution in [3.8, 4) is 5.13 Å². The number of rotatable bonds is 6. The maximum atomic E-state index is 13.6. The van der Waals surface area contributed by atoms with Gasteiger partial charge in [0.15, 0.2) is 0 Å². The SMILES string of the molecule is Cc1cccc(C)c1NC(=O)Cc1csc(-n2nc(C)c(Cc3cccc(F)c3)c2C)n1. The van der Waals surface area contributed by atoms with E-state index in [1.807, 2.05) is 62.0 Å². The van der Waals surface area contributed by atoms with E-state index in [0.29, 0.717) is 17.2 Å². The van der Waals surface area contributed by atoms with E-state index >= 15 is 0 Å². The first-order valence-corrected chi connectivity index (χ1v) is 11.3. The van der Waals surface area contributed by atoms with Gasteiger partial charge in [-0.05, 0) is 56.5 Å². The van der Waals surface area contributed by atoms with Gasteiger partial charge in [0.1, 0.15) is 5.82 Å². The maximum Gasteiger partial charge on any atom is 0.230 e. The summed E-state index contributed by atoms with van der Waals surface area (Å²) in [5, 5.41) is 10.3. The molecular formula is C25H25FN4OS. The third-order valence-corrected chi connectivity index (χ3v) is 6.38. The van der Waals surface area contributed by atoms with Crippen molar-refractivity contribution >= 4 is 22.9 Å². The van der Waals surface area contributed by atoms with Crippen LogP contribution in [-0.2, 0) is 17.6 Å². The number of carbonyl (C=O) groups is 1. The van der Waals surface area contributed by atoms with Gasteiger partial charge in [0.2, 0.25) is 11.0 Å². The summed E-state index contributed by atoms with van der Waals surface area (Å²) in [5.41, 5.74) is 7.43. The molecule has 0 atom stereocenters. The molecule has 0 radical (unpaired) electrons. The Hall–Kier alpha value is -3.32. The number of hydrogen-bond donors (Lipinski definition) is 1. The Labute approximate surface area is 191 Å². The van der Waals surface area contributed by atoms with Gasteiger partial charge in [0, 0.05) is 28.7 Å². The summed E-state index contributed by atoms with van der Waals surface area (Å²) in [6.07, 6.45) is 0.797. The highest BCUT2D eigenvalue weighted by molar-refractivity contribution is 7.12. The van der Waals surface area contributed by atoms with Gasteiger partial charge in [-0.15, -0.1) is 11.3 Å². The van der Waals surface area contributed by atoms with Crippen LogP contribution in [0.5, 0.6) is 0 Å². The maximum absolute atomic E-state index is 13.6. The van der Waals surface area contributed by atoms with E-state index in [-0.39, 0.29) is 18.1 Å². The second kappa shape index (κ2) is 9.04. The van der Waals surface area contributed by atoms with Crippen LogP contribution in [0.3, 0.4) is 0 Å². The lowest BCUT2D eigenvalue weighted by molar-refractivity contribution is -0.115. The molecule has 0 aliphatic heterocycles. The van der Waals surface area contributed by atoms with Crippen molar-refractivity contribution in [2.75, 3.05) is 5.32 Å². The third kappa shape index (κ3) is 4.62. The summed E-state index contributed by atoms with van der Waals surface area (Å²) in [4.78, 5) is 17.2. The Morgan fingerprint density at radius 3 is 2.53 bits per heavy atom. The molecule has 2 heterocycles. The number of hydrogen-bond acceptors (Lipinski definition) is 4. The Bertz CT molecular complexity index is 1270. The summed E-state index contributed by atoms with van der Waals surface area (Å²) >= 11 is 1.45. The van der Waals surface area contributed by atoms with Gasteiger partial charge in [-0.25, -0.2) is 14.1 Å². The lowest BCUT2D eigenvalue weighted by Gasteiger charge is -2.10. The number of amides is 1. The zero-order valence-electron chi connectivity index (χ0n) is 18.6. The molecule has 0 aliphatic carbocycles. The van der Waals surface area contributed by atoms with Gasteiger partial charge in [-0.2, -0.15) is 5.10 Å². The molecule has 32 heavy (non-hydrogen) atoms. The quantitative estimate of drug-likeness (QED) is 0.425. The van der Waals surface area contributed by atoms with Gasteiger partial charge >= 0.3 is 0 Å². The lowest BCUT2D eigenvalue weighted by Crippen LogP contribution is -2.16. The summed E-state index contributed by atoms with van der Waals surface area (Å²) in [6.45, 7) is 7.90. The van der Waals surface area contributed by atoms with Gasteiger partial charge in [-0.1, -0.05) is 30.3 Å². The van der Waals surface area contributed by atoms with Gasteiger partial charge in [0.25, 0.3) is 0 Å². The lowest BCUT2D eigenvalue weighted by atomic mass is 10.0. The van der Waals surface area contributed by atoms with Crippen molar-refractivity contribution in [1.29, 1.82) is 0 Å². The van der Waals surface area contributed by atoms with E-state index in [1.165, 1.54) is 17.4 Å². The number of carbonyl (C=O) groups excluding carboxylic acids is 1. The van der Waals surface area contributed by atoms with Crippen molar-refractivity contribution < 1.29 is 9.18 Å². The van der Waals surface area contributed by atoms with Crippen LogP contribution in [0.4, 0.5) is 10.1 Å². The van der Waals surface area contributed by atoms with Crippen molar-refractivity contribution in [2.45, 2.75) is 40.5 Å². The highest BCUT2D eigenvalue weighted by Crippen LogP contribution is 2.24. The van der Waals surface area contributed by atoms with E-state index in [4.69, 9.17) is 0 Å². The van der Waals surface area contributed by atoms with Gasteiger partial charge in [-0.3, -0.25) is 4.79 Å². The molecule has 1 N–H and O–H groups in total. The van der Waals surface area contributed by atoms with Crippen molar-refractivity contribution in [3.63, 3.8) is 0 Å². The number of para-hydroxylation sites is 1. The molecule has 5 nitrogen and oxygen atoms in total. The molecule has 0 saturated carbocycles. The zero-order valence-corrected chi connectivity index (χ0v) is 19.4. The van der Waals surface area contributed by atoms with Crippen molar-refractivity contribution in [3.05, 3.63) is 93.0 Å². The second-order valence-electron chi connectivity index (χ2n) is 7.98. The molecule has 1 amide bonds. The minimum atomic E-state index is -0.242. The minimum absolute atomic E-state index is 0.0978.